The van der Waals surface area contributed by atoms with E-state index in [1.807, 2.05) is 0 Å². The average Bonchev–Trinajstić information content (AvgIpc) is 2.21. The molecule has 3 nitrogen and oxygen atoms in total. The van der Waals surface area contributed by atoms with Crippen molar-refractivity contribution in [1.82, 2.24) is 15.5 Å². The number of rotatable bonds is 4. The maximum atomic E-state index is 5.32. The fraction of sp³-hybridized carbons (Fsp3) is 0.923. The van der Waals surface area contributed by atoms with Gasteiger partial charge >= 0.3 is 0 Å². The highest BCUT2D eigenvalue weighted by molar-refractivity contribution is 7.80. The van der Waals surface area contributed by atoms with Crippen LogP contribution in [0.2, 0.25) is 0 Å². The first-order valence-corrected chi connectivity index (χ1v) is 7.28. The van der Waals surface area contributed by atoms with E-state index in [4.69, 9.17) is 12.2 Å². The molecule has 0 bridgehead atoms. The summed E-state index contributed by atoms with van der Waals surface area (Å²) in [4.78, 5) is 2.16. The van der Waals surface area contributed by atoms with E-state index in [2.05, 4.69) is 29.6 Å². The van der Waals surface area contributed by atoms with Gasteiger partial charge in [-0.25, -0.2) is 0 Å². The molecule has 0 saturated heterocycles. The van der Waals surface area contributed by atoms with Crippen LogP contribution in [-0.2, 0) is 0 Å². The van der Waals surface area contributed by atoms with Crippen molar-refractivity contribution in [2.24, 2.45) is 0 Å². The second-order valence-corrected chi connectivity index (χ2v) is 5.65. The maximum absolute atomic E-state index is 5.32. The maximum Gasteiger partial charge on any atom is 0.166 e. The van der Waals surface area contributed by atoms with Gasteiger partial charge in [0, 0.05) is 19.1 Å². The van der Waals surface area contributed by atoms with Crippen LogP contribution in [0.5, 0.6) is 0 Å². The minimum atomic E-state index is 0.592. The highest BCUT2D eigenvalue weighted by Gasteiger charge is 2.11. The quantitative estimate of drug-likeness (QED) is 0.755. The highest BCUT2D eigenvalue weighted by atomic mass is 32.1. The SMILES string of the molecule is CN(C)CCNC(=S)NC1CCCCCCC1. The molecule has 0 atom stereocenters. The zero-order valence-corrected chi connectivity index (χ0v) is 12.1. The molecule has 0 spiro atoms. The van der Waals surface area contributed by atoms with Crippen molar-refractivity contribution in [3.05, 3.63) is 0 Å². The predicted molar refractivity (Wildman–Crippen MR) is 78.4 cm³/mol. The lowest BCUT2D eigenvalue weighted by molar-refractivity contribution is 0.407. The normalized spacial score (nSPS) is 18.5. The Bertz CT molecular complexity index is 211. The Morgan fingerprint density at radius 3 is 2.29 bits per heavy atom. The Hall–Kier alpha value is -0.350. The summed E-state index contributed by atoms with van der Waals surface area (Å²) in [5, 5.41) is 7.57. The molecule has 2 N–H and O–H groups in total. The Balaban J connectivity index is 2.14. The van der Waals surface area contributed by atoms with Crippen molar-refractivity contribution in [2.45, 2.75) is 51.0 Å². The smallest absolute Gasteiger partial charge is 0.166 e. The van der Waals surface area contributed by atoms with E-state index in [0.29, 0.717) is 6.04 Å². The minimum Gasteiger partial charge on any atom is -0.361 e. The highest BCUT2D eigenvalue weighted by Crippen LogP contribution is 2.16. The van der Waals surface area contributed by atoms with E-state index in [1.165, 1.54) is 44.9 Å². The molecule has 0 aromatic carbocycles. The second kappa shape index (κ2) is 8.70. The van der Waals surface area contributed by atoms with Crippen LogP contribution < -0.4 is 10.6 Å². The van der Waals surface area contributed by atoms with Crippen molar-refractivity contribution in [3.8, 4) is 0 Å². The molecule has 100 valence electrons. The molecule has 0 unspecified atom stereocenters. The van der Waals surface area contributed by atoms with Crippen molar-refractivity contribution < 1.29 is 0 Å². The Morgan fingerprint density at radius 2 is 1.71 bits per heavy atom. The van der Waals surface area contributed by atoms with Gasteiger partial charge in [-0.15, -0.1) is 0 Å². The number of thiocarbonyl (C=S) groups is 1. The van der Waals surface area contributed by atoms with Crippen LogP contribution in [-0.4, -0.2) is 43.2 Å². The molecule has 17 heavy (non-hydrogen) atoms. The number of hydrogen-bond acceptors (Lipinski definition) is 2. The standard InChI is InChI=1S/C13H27N3S/c1-16(2)11-10-14-13(17)15-12-8-6-4-3-5-7-9-12/h12H,3-11H2,1-2H3,(H2,14,15,17). The third kappa shape index (κ3) is 7.55. The van der Waals surface area contributed by atoms with Gasteiger partial charge in [0.25, 0.3) is 0 Å². The minimum absolute atomic E-state index is 0.592. The Kier molecular flexibility index (Phi) is 7.53. The van der Waals surface area contributed by atoms with Gasteiger partial charge in [-0.1, -0.05) is 32.1 Å². The van der Waals surface area contributed by atoms with Gasteiger partial charge in [-0.3, -0.25) is 0 Å². The third-order valence-corrected chi connectivity index (χ3v) is 3.55. The van der Waals surface area contributed by atoms with Gasteiger partial charge in [-0.05, 0) is 39.2 Å². The average molecular weight is 257 g/mol. The Labute approximate surface area is 111 Å². The zero-order chi connectivity index (χ0) is 12.5. The van der Waals surface area contributed by atoms with Crippen molar-refractivity contribution in [1.29, 1.82) is 0 Å². The predicted octanol–water partition coefficient (Wildman–Crippen LogP) is 2.12. The molecule has 1 rings (SSSR count). The first-order valence-electron chi connectivity index (χ1n) is 6.87. The number of hydrogen-bond donors (Lipinski definition) is 2. The molecule has 1 saturated carbocycles. The monoisotopic (exact) mass is 257 g/mol. The summed E-state index contributed by atoms with van der Waals surface area (Å²) in [5.41, 5.74) is 0. The van der Waals surface area contributed by atoms with Crippen LogP contribution in [0.25, 0.3) is 0 Å². The summed E-state index contributed by atoms with van der Waals surface area (Å²) < 4.78 is 0. The summed E-state index contributed by atoms with van der Waals surface area (Å²) in [7, 11) is 4.15. The van der Waals surface area contributed by atoms with Crippen LogP contribution in [0.4, 0.5) is 0 Å². The molecule has 1 aliphatic rings. The fourth-order valence-electron chi connectivity index (χ4n) is 2.23. The van der Waals surface area contributed by atoms with Crippen LogP contribution in [0.3, 0.4) is 0 Å². The van der Waals surface area contributed by atoms with Crippen LogP contribution in [0.1, 0.15) is 44.9 Å². The largest absolute Gasteiger partial charge is 0.361 e. The lowest BCUT2D eigenvalue weighted by atomic mass is 9.97. The van der Waals surface area contributed by atoms with Crippen molar-refractivity contribution in [3.63, 3.8) is 0 Å². The van der Waals surface area contributed by atoms with Crippen molar-refractivity contribution >= 4 is 17.3 Å². The summed E-state index contributed by atoms with van der Waals surface area (Å²) in [6.45, 7) is 1.94. The summed E-state index contributed by atoms with van der Waals surface area (Å²) in [6, 6.07) is 0.592. The summed E-state index contributed by atoms with van der Waals surface area (Å²) in [6.07, 6.45) is 9.43. The van der Waals surface area contributed by atoms with E-state index in [0.717, 1.165) is 18.2 Å². The van der Waals surface area contributed by atoms with Gasteiger partial charge in [0.05, 0.1) is 0 Å². The molecule has 0 aromatic rings. The van der Waals surface area contributed by atoms with Crippen LogP contribution >= 0.6 is 12.2 Å². The van der Waals surface area contributed by atoms with E-state index in [1.54, 1.807) is 0 Å². The van der Waals surface area contributed by atoms with Gasteiger partial charge in [0.1, 0.15) is 0 Å². The molecular formula is C13H27N3S. The lowest BCUT2D eigenvalue weighted by Crippen LogP contribution is -2.44. The van der Waals surface area contributed by atoms with Crippen LogP contribution in [0, 0.1) is 0 Å². The van der Waals surface area contributed by atoms with E-state index in [9.17, 15) is 0 Å². The fourth-order valence-corrected chi connectivity index (χ4v) is 2.50. The zero-order valence-electron chi connectivity index (χ0n) is 11.3. The molecule has 0 amide bonds. The molecule has 0 aliphatic heterocycles. The first-order chi connectivity index (χ1) is 8.18. The molecule has 0 radical (unpaired) electrons. The second-order valence-electron chi connectivity index (χ2n) is 5.25. The van der Waals surface area contributed by atoms with E-state index >= 15 is 0 Å². The summed E-state index contributed by atoms with van der Waals surface area (Å²) in [5.74, 6) is 0. The summed E-state index contributed by atoms with van der Waals surface area (Å²) >= 11 is 5.32. The number of nitrogens with one attached hydrogen (secondary N) is 2. The van der Waals surface area contributed by atoms with Gasteiger partial charge in [0.2, 0.25) is 0 Å². The van der Waals surface area contributed by atoms with E-state index < -0.39 is 0 Å². The molecule has 1 aliphatic carbocycles. The molecule has 4 heteroatoms. The topological polar surface area (TPSA) is 27.3 Å². The first kappa shape index (κ1) is 14.7. The molecule has 0 aromatic heterocycles. The van der Waals surface area contributed by atoms with Gasteiger partial charge in [-0.2, -0.15) is 0 Å². The molecule has 0 heterocycles. The Morgan fingerprint density at radius 1 is 1.12 bits per heavy atom. The van der Waals surface area contributed by atoms with Gasteiger partial charge in [0.15, 0.2) is 5.11 Å². The van der Waals surface area contributed by atoms with Crippen LogP contribution in [0.15, 0.2) is 0 Å². The molecule has 1 fully saturated rings. The molecular weight excluding hydrogens is 230 g/mol. The van der Waals surface area contributed by atoms with Crippen molar-refractivity contribution in [2.75, 3.05) is 27.2 Å². The van der Waals surface area contributed by atoms with Gasteiger partial charge < -0.3 is 15.5 Å². The van der Waals surface area contributed by atoms with E-state index in [-0.39, 0.29) is 0 Å². The number of likely N-dealkylation sites (N-methyl/N-ethyl adjacent to an activating group) is 1. The third-order valence-electron chi connectivity index (χ3n) is 3.28. The lowest BCUT2D eigenvalue weighted by Gasteiger charge is -2.23. The number of nitrogens with zero attached hydrogens (tertiary/aromatic N) is 1.